The highest BCUT2D eigenvalue weighted by Crippen LogP contribution is 2.34. The molecule has 7 nitrogen and oxygen atoms in total. The van der Waals surface area contributed by atoms with Crippen molar-refractivity contribution in [3.63, 3.8) is 0 Å². The Morgan fingerprint density at radius 3 is 2.85 bits per heavy atom. The molecule has 1 atom stereocenters. The van der Waals surface area contributed by atoms with Crippen molar-refractivity contribution in [1.29, 1.82) is 0 Å². The molecule has 1 aromatic rings. The molecule has 2 aliphatic rings. The van der Waals surface area contributed by atoms with Crippen LogP contribution in [-0.4, -0.2) is 47.3 Å². The minimum Gasteiger partial charge on any atom is -0.385 e. The van der Waals surface area contributed by atoms with E-state index in [1.54, 1.807) is 6.07 Å². The summed E-state index contributed by atoms with van der Waals surface area (Å²) >= 11 is 0. The molecule has 1 aromatic carbocycles. The van der Waals surface area contributed by atoms with Crippen molar-refractivity contribution in [3.8, 4) is 0 Å². The number of nitrogens with zero attached hydrogens (tertiary/aromatic N) is 1. The SMILES string of the molecule is C=CS(=O)(=O)NC[C@@H]1CCN(S(=O)(=O)c2ccc(C)c3c2CCCN3)C1. The van der Waals surface area contributed by atoms with Crippen LogP contribution in [0.2, 0.25) is 0 Å². The third-order valence-electron chi connectivity index (χ3n) is 5.04. The average Bonchev–Trinajstić information content (AvgIpc) is 3.10. The van der Waals surface area contributed by atoms with Gasteiger partial charge in [0.15, 0.2) is 0 Å². The Kier molecular flexibility index (Phi) is 5.43. The molecule has 1 fully saturated rings. The molecule has 26 heavy (non-hydrogen) atoms. The third kappa shape index (κ3) is 3.80. The topological polar surface area (TPSA) is 95.6 Å². The van der Waals surface area contributed by atoms with E-state index in [2.05, 4.69) is 16.6 Å². The van der Waals surface area contributed by atoms with E-state index in [-0.39, 0.29) is 12.5 Å². The highest BCUT2D eigenvalue weighted by molar-refractivity contribution is 7.92. The van der Waals surface area contributed by atoms with E-state index in [9.17, 15) is 16.8 Å². The number of rotatable bonds is 6. The summed E-state index contributed by atoms with van der Waals surface area (Å²) in [5.74, 6) is -0.0427. The Hall–Kier alpha value is -1.42. The fourth-order valence-electron chi connectivity index (χ4n) is 3.57. The molecule has 0 saturated carbocycles. The highest BCUT2D eigenvalue weighted by Gasteiger charge is 2.35. The molecule has 2 aliphatic heterocycles. The van der Waals surface area contributed by atoms with E-state index in [1.165, 1.54) is 4.31 Å². The number of aryl methyl sites for hydroxylation is 1. The Morgan fingerprint density at radius 1 is 1.35 bits per heavy atom. The second-order valence-electron chi connectivity index (χ2n) is 6.84. The van der Waals surface area contributed by atoms with Gasteiger partial charge in [-0.25, -0.2) is 21.6 Å². The standard InChI is InChI=1S/C17H25N3O4S2/c1-3-25(21,22)19-11-14-8-10-20(12-14)26(23,24)16-7-6-13(2)17-15(16)5-4-9-18-17/h3,6-7,14,18-19H,1,4-5,8-12H2,2H3/t14-/m0/s1. The molecule has 0 unspecified atom stereocenters. The molecule has 0 aliphatic carbocycles. The van der Waals surface area contributed by atoms with E-state index in [1.807, 2.05) is 13.0 Å². The number of hydrogen-bond acceptors (Lipinski definition) is 5. The normalized spacial score (nSPS) is 21.2. The Morgan fingerprint density at radius 2 is 2.12 bits per heavy atom. The first-order valence-corrected chi connectivity index (χ1v) is 11.7. The van der Waals surface area contributed by atoms with Crippen LogP contribution in [0.3, 0.4) is 0 Å². The largest absolute Gasteiger partial charge is 0.385 e. The van der Waals surface area contributed by atoms with E-state index >= 15 is 0 Å². The predicted molar refractivity (Wildman–Crippen MR) is 102 cm³/mol. The first-order valence-electron chi connectivity index (χ1n) is 8.73. The molecule has 144 valence electrons. The summed E-state index contributed by atoms with van der Waals surface area (Å²) in [5, 5.41) is 4.18. The molecule has 0 spiro atoms. The fraction of sp³-hybridized carbons (Fsp3) is 0.529. The predicted octanol–water partition coefficient (Wildman–Crippen LogP) is 1.43. The molecule has 0 bridgehead atoms. The monoisotopic (exact) mass is 399 g/mol. The maximum Gasteiger partial charge on any atom is 0.243 e. The van der Waals surface area contributed by atoms with Crippen LogP contribution in [0.1, 0.15) is 24.0 Å². The lowest BCUT2D eigenvalue weighted by Crippen LogP contribution is -2.33. The fourth-order valence-corrected chi connectivity index (χ4v) is 5.95. The zero-order valence-corrected chi connectivity index (χ0v) is 16.5. The van der Waals surface area contributed by atoms with Gasteiger partial charge in [0.05, 0.1) is 4.90 Å². The van der Waals surface area contributed by atoms with Crippen molar-refractivity contribution >= 4 is 25.7 Å². The summed E-state index contributed by atoms with van der Waals surface area (Å²) in [7, 11) is -7.08. The highest BCUT2D eigenvalue weighted by atomic mass is 32.2. The molecule has 0 amide bonds. The van der Waals surface area contributed by atoms with E-state index in [4.69, 9.17) is 0 Å². The molecular weight excluding hydrogens is 374 g/mol. The molecule has 2 heterocycles. The summed E-state index contributed by atoms with van der Waals surface area (Å²) in [6.45, 7) is 7.02. The van der Waals surface area contributed by atoms with Crippen LogP contribution in [-0.2, 0) is 26.5 Å². The lowest BCUT2D eigenvalue weighted by molar-refractivity contribution is 0.454. The summed E-state index contributed by atoms with van der Waals surface area (Å²) in [4.78, 5) is 0.373. The van der Waals surface area contributed by atoms with Crippen molar-refractivity contribution in [2.75, 3.05) is 31.5 Å². The second-order valence-corrected chi connectivity index (χ2v) is 10.5. The van der Waals surface area contributed by atoms with Gasteiger partial charge in [0.25, 0.3) is 0 Å². The summed E-state index contributed by atoms with van der Waals surface area (Å²) in [6, 6.07) is 3.54. The molecule has 3 rings (SSSR count). The molecule has 0 radical (unpaired) electrons. The van der Waals surface area contributed by atoms with Gasteiger partial charge in [-0.1, -0.05) is 12.6 Å². The van der Waals surface area contributed by atoms with Gasteiger partial charge in [-0.2, -0.15) is 4.31 Å². The van der Waals surface area contributed by atoms with Crippen molar-refractivity contribution in [2.45, 2.75) is 31.1 Å². The number of anilines is 1. The van der Waals surface area contributed by atoms with Crippen LogP contribution in [0, 0.1) is 12.8 Å². The summed E-state index contributed by atoms with van der Waals surface area (Å²) < 4.78 is 53.2. The van der Waals surface area contributed by atoms with Gasteiger partial charge in [-0.15, -0.1) is 0 Å². The van der Waals surface area contributed by atoms with Crippen molar-refractivity contribution in [3.05, 3.63) is 35.2 Å². The van der Waals surface area contributed by atoms with Crippen LogP contribution in [0.25, 0.3) is 0 Å². The maximum absolute atomic E-state index is 13.2. The summed E-state index contributed by atoms with van der Waals surface area (Å²) in [6.07, 6.45) is 2.28. The van der Waals surface area contributed by atoms with Crippen LogP contribution in [0.4, 0.5) is 5.69 Å². The number of hydrogen-bond donors (Lipinski definition) is 2. The number of benzene rings is 1. The van der Waals surface area contributed by atoms with E-state index in [0.717, 1.165) is 41.6 Å². The van der Waals surface area contributed by atoms with Gasteiger partial charge in [0.2, 0.25) is 20.0 Å². The van der Waals surface area contributed by atoms with Gasteiger partial charge in [0, 0.05) is 37.3 Å². The molecule has 1 saturated heterocycles. The van der Waals surface area contributed by atoms with Gasteiger partial charge in [0.1, 0.15) is 0 Å². The van der Waals surface area contributed by atoms with Gasteiger partial charge < -0.3 is 5.32 Å². The van der Waals surface area contributed by atoms with Crippen LogP contribution in [0.5, 0.6) is 0 Å². The number of fused-ring (bicyclic) bond motifs is 1. The van der Waals surface area contributed by atoms with Crippen molar-refractivity contribution in [1.82, 2.24) is 9.03 Å². The Bertz CT molecular complexity index is 910. The second kappa shape index (κ2) is 7.30. The maximum atomic E-state index is 13.2. The smallest absolute Gasteiger partial charge is 0.243 e. The Balaban J connectivity index is 1.79. The molecular formula is C17H25N3O4S2. The lowest BCUT2D eigenvalue weighted by Gasteiger charge is -2.25. The third-order valence-corrected chi connectivity index (χ3v) is 8.00. The molecule has 0 aromatic heterocycles. The number of sulfonamides is 2. The van der Waals surface area contributed by atoms with E-state index < -0.39 is 20.0 Å². The zero-order chi connectivity index (χ0) is 18.9. The minimum atomic E-state index is -3.59. The molecule has 2 N–H and O–H groups in total. The lowest BCUT2D eigenvalue weighted by atomic mass is 10.00. The quantitative estimate of drug-likeness (QED) is 0.754. The van der Waals surface area contributed by atoms with Crippen molar-refractivity contribution in [2.24, 2.45) is 5.92 Å². The zero-order valence-electron chi connectivity index (χ0n) is 14.9. The number of nitrogens with one attached hydrogen (secondary N) is 2. The van der Waals surface area contributed by atoms with Crippen LogP contribution >= 0.6 is 0 Å². The first-order chi connectivity index (χ1) is 12.2. The van der Waals surface area contributed by atoms with Crippen LogP contribution in [0.15, 0.2) is 29.0 Å². The van der Waals surface area contributed by atoms with Gasteiger partial charge in [-0.3, -0.25) is 0 Å². The minimum absolute atomic E-state index is 0.0427. The van der Waals surface area contributed by atoms with E-state index in [0.29, 0.717) is 24.4 Å². The molecule has 9 heteroatoms. The summed E-state index contributed by atoms with van der Waals surface area (Å²) in [5.41, 5.74) is 2.86. The Labute approximate surface area is 155 Å². The van der Waals surface area contributed by atoms with Gasteiger partial charge >= 0.3 is 0 Å². The first kappa shape index (κ1) is 19.3. The van der Waals surface area contributed by atoms with Crippen LogP contribution < -0.4 is 10.0 Å². The average molecular weight is 400 g/mol. The van der Waals surface area contributed by atoms with Crippen molar-refractivity contribution < 1.29 is 16.8 Å². The van der Waals surface area contributed by atoms with Gasteiger partial charge in [-0.05, 0) is 49.3 Å².